The van der Waals surface area contributed by atoms with Gasteiger partial charge in [0.25, 0.3) is 6.43 Å². The smallest absolute Gasteiger partial charge is 0.434 e. The van der Waals surface area contributed by atoms with Gasteiger partial charge in [0.1, 0.15) is 5.69 Å². The molecule has 1 N–H and O–H groups in total. The summed E-state index contributed by atoms with van der Waals surface area (Å²) < 4.78 is 68.4. The predicted molar refractivity (Wildman–Crippen MR) is 141 cm³/mol. The van der Waals surface area contributed by atoms with E-state index in [2.05, 4.69) is 11.9 Å². The SMILES string of the molecule is CCCCCCCCCCCCCCCC(=O)Sc1c(C(F)(F)F)nc(C(F)F)c(C(=O)O)c1CC(C)C. The zero-order chi connectivity index (χ0) is 28.7. The van der Waals surface area contributed by atoms with Gasteiger partial charge in [-0.05, 0) is 36.1 Å². The van der Waals surface area contributed by atoms with Gasteiger partial charge < -0.3 is 5.11 Å². The Bertz CT molecular complexity index is 875. The van der Waals surface area contributed by atoms with Crippen molar-refractivity contribution >= 4 is 22.8 Å². The van der Waals surface area contributed by atoms with Gasteiger partial charge in [0, 0.05) is 6.42 Å². The topological polar surface area (TPSA) is 67.3 Å². The van der Waals surface area contributed by atoms with Crippen LogP contribution < -0.4 is 0 Å². The fourth-order valence-corrected chi connectivity index (χ4v) is 5.43. The van der Waals surface area contributed by atoms with Gasteiger partial charge in [-0.3, -0.25) is 4.79 Å². The molecule has 0 radical (unpaired) electrons. The fourth-order valence-electron chi connectivity index (χ4n) is 4.39. The molecule has 0 saturated carbocycles. The number of nitrogens with zero attached hydrogens (tertiary/aromatic N) is 1. The Labute approximate surface area is 227 Å². The molecule has 38 heavy (non-hydrogen) atoms. The summed E-state index contributed by atoms with van der Waals surface area (Å²) in [5.74, 6) is -2.12. The van der Waals surface area contributed by atoms with Crippen LogP contribution in [-0.2, 0) is 17.4 Å². The van der Waals surface area contributed by atoms with Crippen LogP contribution in [-0.4, -0.2) is 21.2 Å². The number of carbonyl (C=O) groups is 2. The summed E-state index contributed by atoms with van der Waals surface area (Å²) in [6.45, 7) is 5.46. The number of aromatic carboxylic acids is 1. The molecule has 0 saturated heterocycles. The third kappa shape index (κ3) is 12.4. The molecule has 0 bridgehead atoms. The largest absolute Gasteiger partial charge is 0.478 e. The van der Waals surface area contributed by atoms with Crippen molar-refractivity contribution in [1.29, 1.82) is 0 Å². The lowest BCUT2D eigenvalue weighted by molar-refractivity contribution is -0.143. The first-order valence-electron chi connectivity index (χ1n) is 13.8. The molecule has 0 aliphatic carbocycles. The van der Waals surface area contributed by atoms with Crippen LogP contribution in [0.15, 0.2) is 4.90 Å². The number of carboxylic acid groups (broad SMARTS) is 1. The molecule has 0 amide bonds. The second-order valence-electron chi connectivity index (χ2n) is 10.2. The quantitative estimate of drug-likeness (QED) is 0.102. The molecule has 0 unspecified atom stereocenters. The summed E-state index contributed by atoms with van der Waals surface area (Å²) in [6.07, 6.45) is 5.60. The van der Waals surface area contributed by atoms with E-state index in [1.54, 1.807) is 13.8 Å². The molecule has 10 heteroatoms. The Hall–Kier alpha value is -1.71. The summed E-state index contributed by atoms with van der Waals surface area (Å²) in [4.78, 5) is 26.7. The Kier molecular flexibility index (Phi) is 16.1. The number of aromatic nitrogens is 1. The summed E-state index contributed by atoms with van der Waals surface area (Å²) in [7, 11) is 0. The van der Waals surface area contributed by atoms with Crippen LogP contribution in [0.1, 0.15) is 144 Å². The van der Waals surface area contributed by atoms with Gasteiger partial charge in [-0.2, -0.15) is 13.2 Å². The molecule has 218 valence electrons. The highest BCUT2D eigenvalue weighted by Gasteiger charge is 2.41. The molecule has 0 aliphatic heterocycles. The fraction of sp³-hybridized carbons (Fsp3) is 0.750. The van der Waals surface area contributed by atoms with E-state index in [0.29, 0.717) is 6.42 Å². The van der Waals surface area contributed by atoms with Gasteiger partial charge in [-0.25, -0.2) is 18.6 Å². The molecule has 1 rings (SSSR count). The minimum atomic E-state index is -5.12. The maximum absolute atomic E-state index is 13.8. The maximum Gasteiger partial charge on any atom is 0.434 e. The molecule has 0 aromatic carbocycles. The monoisotopic (exact) mass is 567 g/mol. The summed E-state index contributed by atoms with van der Waals surface area (Å²) >= 11 is 0.272. The highest BCUT2D eigenvalue weighted by molar-refractivity contribution is 8.13. The number of carbonyl (C=O) groups excluding carboxylic acids is 1. The van der Waals surface area contributed by atoms with E-state index in [4.69, 9.17) is 0 Å². The molecular formula is C28H42F5NO3S. The number of hydrogen-bond donors (Lipinski definition) is 1. The first-order chi connectivity index (χ1) is 17.9. The summed E-state index contributed by atoms with van der Waals surface area (Å²) in [5, 5.41) is 8.98. The van der Waals surface area contributed by atoms with Crippen LogP contribution in [0.5, 0.6) is 0 Å². The highest BCUT2D eigenvalue weighted by atomic mass is 32.2. The van der Waals surface area contributed by atoms with E-state index in [9.17, 15) is 36.6 Å². The molecule has 4 nitrogen and oxygen atoms in total. The predicted octanol–water partition coefficient (Wildman–Crippen LogP) is 10.0. The van der Waals surface area contributed by atoms with Crippen molar-refractivity contribution < 1.29 is 36.6 Å². The van der Waals surface area contributed by atoms with Crippen LogP contribution in [0, 0.1) is 5.92 Å². The molecular weight excluding hydrogens is 525 g/mol. The number of rotatable bonds is 19. The Morgan fingerprint density at radius 2 is 1.34 bits per heavy atom. The molecule has 1 heterocycles. The average Bonchev–Trinajstić information content (AvgIpc) is 2.81. The van der Waals surface area contributed by atoms with Gasteiger partial charge in [0.2, 0.25) is 0 Å². The molecule has 0 aliphatic rings. The second kappa shape index (κ2) is 17.8. The van der Waals surface area contributed by atoms with E-state index in [1.165, 1.54) is 51.4 Å². The Morgan fingerprint density at radius 3 is 1.74 bits per heavy atom. The molecule has 0 spiro atoms. The Morgan fingerprint density at radius 1 is 0.868 bits per heavy atom. The summed E-state index contributed by atoms with van der Waals surface area (Å²) in [6, 6.07) is 0. The van der Waals surface area contributed by atoms with Crippen molar-refractivity contribution in [2.24, 2.45) is 5.92 Å². The van der Waals surface area contributed by atoms with E-state index in [1.807, 2.05) is 0 Å². The number of thioether (sulfide) groups is 1. The van der Waals surface area contributed by atoms with Gasteiger partial charge in [0.15, 0.2) is 10.8 Å². The van der Waals surface area contributed by atoms with E-state index in [0.717, 1.165) is 25.7 Å². The Balaban J connectivity index is 2.73. The first kappa shape index (κ1) is 34.3. The summed E-state index contributed by atoms with van der Waals surface area (Å²) in [5.41, 5.74) is -4.40. The van der Waals surface area contributed by atoms with Crippen LogP contribution in [0.3, 0.4) is 0 Å². The third-order valence-electron chi connectivity index (χ3n) is 6.28. The van der Waals surface area contributed by atoms with E-state index < -0.39 is 51.1 Å². The van der Waals surface area contributed by atoms with Crippen molar-refractivity contribution in [2.75, 3.05) is 0 Å². The number of halogens is 5. The van der Waals surface area contributed by atoms with Crippen molar-refractivity contribution in [2.45, 2.75) is 135 Å². The molecule has 0 fully saturated rings. The molecule has 0 atom stereocenters. The van der Waals surface area contributed by atoms with Crippen LogP contribution in [0.25, 0.3) is 0 Å². The lowest BCUT2D eigenvalue weighted by Gasteiger charge is -2.21. The minimum absolute atomic E-state index is 0.0137. The first-order valence-corrected chi connectivity index (χ1v) is 14.6. The lowest BCUT2D eigenvalue weighted by atomic mass is 9.96. The molecule has 1 aromatic rings. The van der Waals surface area contributed by atoms with E-state index >= 15 is 0 Å². The van der Waals surface area contributed by atoms with Gasteiger partial charge in [0.05, 0.1) is 10.5 Å². The van der Waals surface area contributed by atoms with Gasteiger partial charge in [-0.1, -0.05) is 97.8 Å². The normalized spacial score (nSPS) is 12.1. The maximum atomic E-state index is 13.8. The second-order valence-corrected chi connectivity index (χ2v) is 11.3. The third-order valence-corrected chi connectivity index (χ3v) is 7.36. The number of unbranched alkanes of at least 4 members (excludes halogenated alkanes) is 12. The van der Waals surface area contributed by atoms with Crippen molar-refractivity contribution in [3.05, 3.63) is 22.5 Å². The molecule has 1 aromatic heterocycles. The zero-order valence-corrected chi connectivity index (χ0v) is 23.6. The van der Waals surface area contributed by atoms with Gasteiger partial charge in [-0.15, -0.1) is 0 Å². The number of carboxylic acids is 1. The minimum Gasteiger partial charge on any atom is -0.478 e. The number of hydrogen-bond acceptors (Lipinski definition) is 4. The van der Waals surface area contributed by atoms with Crippen molar-refractivity contribution in [3.8, 4) is 0 Å². The van der Waals surface area contributed by atoms with Crippen LogP contribution in [0.4, 0.5) is 22.0 Å². The van der Waals surface area contributed by atoms with Crippen molar-refractivity contribution in [3.63, 3.8) is 0 Å². The highest BCUT2D eigenvalue weighted by Crippen LogP contribution is 2.42. The average molecular weight is 568 g/mol. The van der Waals surface area contributed by atoms with Crippen molar-refractivity contribution in [1.82, 2.24) is 4.98 Å². The standard InChI is InChI=1S/C28H42F5NO3S/c1-4-5-6-7-8-9-10-11-12-13-14-15-16-17-21(35)38-24-20(18-19(2)3)22(27(36)37)23(26(29)30)34-25(24)28(31,32)33/h19,26H,4-18H2,1-3H3,(H,36,37). The van der Waals surface area contributed by atoms with Crippen LogP contribution >= 0.6 is 11.8 Å². The van der Waals surface area contributed by atoms with Gasteiger partial charge >= 0.3 is 12.1 Å². The number of alkyl halides is 5. The lowest BCUT2D eigenvalue weighted by Crippen LogP contribution is -2.20. The van der Waals surface area contributed by atoms with Crippen LogP contribution in [0.2, 0.25) is 0 Å². The van der Waals surface area contributed by atoms with E-state index in [-0.39, 0.29) is 30.5 Å². The number of pyridine rings is 1. The zero-order valence-electron chi connectivity index (χ0n) is 22.8.